The first-order valence-electron chi connectivity index (χ1n) is 9.85. The molecule has 170 valence electrons. The number of nitrogens with one attached hydrogen (secondary N) is 3. The van der Waals surface area contributed by atoms with E-state index in [1.165, 1.54) is 6.92 Å². The number of hydrogen-bond acceptors (Lipinski definition) is 7. The van der Waals surface area contributed by atoms with Crippen LogP contribution in [0.5, 0.6) is 5.75 Å². The summed E-state index contributed by atoms with van der Waals surface area (Å²) in [7, 11) is 0. The van der Waals surface area contributed by atoms with E-state index in [9.17, 15) is 19.2 Å². The van der Waals surface area contributed by atoms with Crippen LogP contribution < -0.4 is 20.7 Å². The molecule has 32 heavy (non-hydrogen) atoms. The lowest BCUT2D eigenvalue weighted by molar-refractivity contribution is -0.141. The number of aliphatic carboxylic acids is 1. The summed E-state index contributed by atoms with van der Waals surface area (Å²) in [4.78, 5) is 52.1. The quantitative estimate of drug-likeness (QED) is 0.0976. The number of hydrogen-bond donors (Lipinski definition) is 4. The van der Waals surface area contributed by atoms with Crippen LogP contribution in [0, 0.1) is 17.4 Å². The number of aliphatic imine (C=N–C) groups is 1. The highest BCUT2D eigenvalue weighted by Crippen LogP contribution is 2.12. The van der Waals surface area contributed by atoms with E-state index in [2.05, 4.69) is 20.9 Å². The monoisotopic (exact) mass is 444 g/mol. The van der Waals surface area contributed by atoms with Crippen LogP contribution in [-0.4, -0.2) is 65.5 Å². The molecule has 0 radical (unpaired) electrons. The molecule has 1 aliphatic heterocycles. The van der Waals surface area contributed by atoms with E-state index in [0.29, 0.717) is 12.2 Å². The molecule has 0 saturated carbocycles. The number of rotatable bonds is 10. The fraction of sp³-hybridized carbons (Fsp3) is 0.400. The van der Waals surface area contributed by atoms with Gasteiger partial charge in [-0.1, -0.05) is 25.1 Å². The number of nitrogens with zero attached hydrogens (tertiary/aromatic N) is 3. The lowest BCUT2D eigenvalue weighted by Gasteiger charge is -2.14. The Labute approximate surface area is 184 Å². The molecule has 0 spiro atoms. The summed E-state index contributed by atoms with van der Waals surface area (Å²) >= 11 is 0. The summed E-state index contributed by atoms with van der Waals surface area (Å²) in [6, 6.07) is 7.28. The fourth-order valence-corrected chi connectivity index (χ4v) is 2.70. The van der Waals surface area contributed by atoms with Crippen molar-refractivity contribution in [2.75, 3.05) is 19.6 Å². The molecule has 4 N–H and O–H groups in total. The summed E-state index contributed by atoms with van der Waals surface area (Å²) in [6.07, 6.45) is 2.41. The number of ether oxygens (including phenoxy) is 1. The first-order chi connectivity index (χ1) is 15.3. The van der Waals surface area contributed by atoms with Gasteiger partial charge in [-0.25, -0.2) is 15.1 Å². The molecular formula is C20H24N6O6. The number of urea groups is 1. The second-order valence-electron chi connectivity index (χ2n) is 6.95. The highest BCUT2D eigenvalue weighted by atomic mass is 16.5. The van der Waals surface area contributed by atoms with E-state index < -0.39 is 42.3 Å². The zero-order valence-corrected chi connectivity index (χ0v) is 17.4. The van der Waals surface area contributed by atoms with Gasteiger partial charge in [-0.05, 0) is 25.0 Å². The number of carboxylic acids is 1. The fourth-order valence-electron chi connectivity index (χ4n) is 2.70. The normalized spacial score (nSPS) is 16.7. The SMILES string of the molecule is CC(CNC(=O)CN1C(=O)NC(CCCN=C(NC#N)Oc2ccccc2)C1=O)C(=O)O. The second-order valence-corrected chi connectivity index (χ2v) is 6.95. The Hall–Kier alpha value is -4.14. The van der Waals surface area contributed by atoms with Crippen molar-refractivity contribution in [3.8, 4) is 11.9 Å². The zero-order valence-electron chi connectivity index (χ0n) is 17.4. The minimum atomic E-state index is -1.06. The van der Waals surface area contributed by atoms with Gasteiger partial charge in [0.05, 0.1) is 5.92 Å². The molecule has 1 aliphatic rings. The van der Waals surface area contributed by atoms with Crippen LogP contribution >= 0.6 is 0 Å². The molecule has 2 unspecified atom stereocenters. The number of benzene rings is 1. The van der Waals surface area contributed by atoms with Crippen molar-refractivity contribution in [2.24, 2.45) is 10.9 Å². The van der Waals surface area contributed by atoms with Crippen molar-refractivity contribution in [1.82, 2.24) is 20.9 Å². The van der Waals surface area contributed by atoms with Crippen molar-refractivity contribution >= 4 is 29.8 Å². The van der Waals surface area contributed by atoms with Gasteiger partial charge < -0.3 is 20.5 Å². The van der Waals surface area contributed by atoms with E-state index in [-0.39, 0.29) is 25.5 Å². The number of carbonyl (C=O) groups excluding carboxylic acids is 3. The molecular weight excluding hydrogens is 420 g/mol. The van der Waals surface area contributed by atoms with Gasteiger partial charge in [0.25, 0.3) is 5.91 Å². The molecule has 4 amide bonds. The van der Waals surface area contributed by atoms with Gasteiger partial charge in [0.2, 0.25) is 5.91 Å². The van der Waals surface area contributed by atoms with Crippen molar-refractivity contribution < 1.29 is 29.0 Å². The average molecular weight is 444 g/mol. The lowest BCUT2D eigenvalue weighted by atomic mass is 10.1. The maximum Gasteiger partial charge on any atom is 0.325 e. The van der Waals surface area contributed by atoms with Gasteiger partial charge in [0.15, 0.2) is 6.19 Å². The van der Waals surface area contributed by atoms with Crippen molar-refractivity contribution in [1.29, 1.82) is 5.26 Å². The van der Waals surface area contributed by atoms with Crippen LogP contribution in [0.2, 0.25) is 0 Å². The summed E-state index contributed by atoms with van der Waals surface area (Å²) in [5.74, 6) is -2.53. The zero-order chi connectivity index (χ0) is 23.5. The number of carbonyl (C=O) groups is 4. The number of amides is 4. The smallest absolute Gasteiger partial charge is 0.325 e. The molecule has 1 aromatic rings. The first-order valence-corrected chi connectivity index (χ1v) is 9.85. The predicted octanol–water partition coefficient (Wildman–Crippen LogP) is 0.0296. The van der Waals surface area contributed by atoms with E-state index in [0.717, 1.165) is 4.90 Å². The van der Waals surface area contributed by atoms with Crippen LogP contribution in [-0.2, 0) is 14.4 Å². The third kappa shape index (κ3) is 7.28. The summed E-state index contributed by atoms with van der Waals surface area (Å²) < 4.78 is 5.47. The summed E-state index contributed by atoms with van der Waals surface area (Å²) in [6.45, 7) is 1.05. The molecule has 1 fully saturated rings. The second kappa shape index (κ2) is 11.9. The van der Waals surface area contributed by atoms with Crippen LogP contribution in [0.15, 0.2) is 35.3 Å². The molecule has 12 nitrogen and oxygen atoms in total. The molecule has 0 aliphatic carbocycles. The van der Waals surface area contributed by atoms with E-state index in [1.54, 1.807) is 30.5 Å². The lowest BCUT2D eigenvalue weighted by Crippen LogP contribution is -2.42. The van der Waals surface area contributed by atoms with Crippen LogP contribution in [0.4, 0.5) is 4.79 Å². The minimum absolute atomic E-state index is 0.00868. The standard InChI is InChI=1S/C20H24N6O6/c1-13(18(29)30)10-23-16(27)11-26-17(28)15(25-20(26)31)8-5-9-22-19(24-12-21)32-14-6-3-2-4-7-14/h2-4,6-7,13,15H,5,8-11H2,1H3,(H,22,24)(H,23,27)(H,25,31)(H,29,30). The Morgan fingerprint density at radius 2 is 2.06 bits per heavy atom. The van der Waals surface area contributed by atoms with E-state index in [4.69, 9.17) is 15.1 Å². The van der Waals surface area contributed by atoms with Gasteiger partial charge in [-0.3, -0.25) is 19.3 Å². The molecule has 2 rings (SSSR count). The number of para-hydroxylation sites is 1. The summed E-state index contributed by atoms with van der Waals surface area (Å²) in [5.41, 5.74) is 0. The van der Waals surface area contributed by atoms with Crippen LogP contribution in [0.1, 0.15) is 19.8 Å². The molecule has 0 aromatic heterocycles. The largest absolute Gasteiger partial charge is 0.481 e. The maximum absolute atomic E-state index is 12.4. The van der Waals surface area contributed by atoms with Crippen molar-refractivity contribution in [3.63, 3.8) is 0 Å². The van der Waals surface area contributed by atoms with Crippen LogP contribution in [0.25, 0.3) is 0 Å². The Morgan fingerprint density at radius 1 is 1.34 bits per heavy atom. The molecule has 1 saturated heterocycles. The number of carboxylic acid groups (broad SMARTS) is 1. The molecule has 1 aromatic carbocycles. The van der Waals surface area contributed by atoms with Gasteiger partial charge in [0, 0.05) is 13.1 Å². The summed E-state index contributed by atoms with van der Waals surface area (Å²) in [5, 5.41) is 24.9. The van der Waals surface area contributed by atoms with Gasteiger partial charge in [-0.2, -0.15) is 5.26 Å². The molecule has 0 bridgehead atoms. The predicted molar refractivity (Wildman–Crippen MR) is 111 cm³/mol. The molecule has 12 heteroatoms. The third-order valence-electron chi connectivity index (χ3n) is 4.46. The highest BCUT2D eigenvalue weighted by Gasteiger charge is 2.38. The minimum Gasteiger partial charge on any atom is -0.481 e. The van der Waals surface area contributed by atoms with Crippen LogP contribution in [0.3, 0.4) is 0 Å². The van der Waals surface area contributed by atoms with Gasteiger partial charge in [0.1, 0.15) is 18.3 Å². The maximum atomic E-state index is 12.4. The average Bonchev–Trinajstić information content (AvgIpc) is 3.03. The van der Waals surface area contributed by atoms with Gasteiger partial charge >= 0.3 is 18.0 Å². The highest BCUT2D eigenvalue weighted by molar-refractivity contribution is 6.06. The Morgan fingerprint density at radius 3 is 2.72 bits per heavy atom. The van der Waals surface area contributed by atoms with Gasteiger partial charge in [-0.15, -0.1) is 0 Å². The Balaban J connectivity index is 1.81. The Kier molecular flexibility index (Phi) is 8.97. The molecule has 1 heterocycles. The Bertz CT molecular complexity index is 913. The molecule has 2 atom stereocenters. The number of amidine groups is 1. The number of imide groups is 1. The van der Waals surface area contributed by atoms with Crippen molar-refractivity contribution in [3.05, 3.63) is 30.3 Å². The van der Waals surface area contributed by atoms with Crippen molar-refractivity contribution in [2.45, 2.75) is 25.8 Å². The topological polar surface area (TPSA) is 173 Å². The van der Waals surface area contributed by atoms with E-state index >= 15 is 0 Å². The number of nitriles is 1. The van der Waals surface area contributed by atoms with E-state index in [1.807, 2.05) is 6.07 Å². The first kappa shape index (κ1) is 24.1. The third-order valence-corrected chi connectivity index (χ3v) is 4.46.